The Hall–Kier alpha value is -5.37. The van der Waals surface area contributed by atoms with Gasteiger partial charge in [-0.3, -0.25) is 9.78 Å². The number of H-pyrrole nitrogens is 1. The van der Waals surface area contributed by atoms with Crippen molar-refractivity contribution in [1.29, 1.82) is 0 Å². The first kappa shape index (κ1) is 23.7. The van der Waals surface area contributed by atoms with E-state index in [0.717, 1.165) is 68.3 Å². The minimum absolute atomic E-state index is 0.210. The molecule has 0 aliphatic heterocycles. The Morgan fingerprint density at radius 2 is 1.68 bits per heavy atom. The van der Waals surface area contributed by atoms with Gasteiger partial charge in [-0.25, -0.2) is 15.0 Å². The lowest BCUT2D eigenvalue weighted by molar-refractivity contribution is 0.0945. The normalized spacial score (nSPS) is 11.4. The molecular formula is C32H24N6O2. The van der Waals surface area contributed by atoms with Crippen LogP contribution in [0.25, 0.3) is 44.3 Å². The number of carbonyl (C=O) groups is 1. The first-order valence-electron chi connectivity index (χ1n) is 13.1. The van der Waals surface area contributed by atoms with Crippen molar-refractivity contribution in [2.24, 2.45) is 0 Å². The Morgan fingerprint density at radius 3 is 2.55 bits per heavy atom. The van der Waals surface area contributed by atoms with E-state index in [9.17, 15) is 4.79 Å². The van der Waals surface area contributed by atoms with Crippen molar-refractivity contribution in [3.05, 3.63) is 120 Å². The van der Waals surface area contributed by atoms with Crippen molar-refractivity contribution < 1.29 is 9.21 Å². The molecule has 0 radical (unpaired) electrons. The zero-order valence-electron chi connectivity index (χ0n) is 21.5. The SMILES string of the molecule is O=C(NCc1ccccn1)c1coc(-c2cc(CCc3nc4ccccc4[nH]3)c3cc4ccccc4nc3c2)n1. The molecular weight excluding hydrogens is 500 g/mol. The van der Waals surface area contributed by atoms with E-state index in [-0.39, 0.29) is 11.6 Å². The van der Waals surface area contributed by atoms with Gasteiger partial charge in [-0.15, -0.1) is 0 Å². The van der Waals surface area contributed by atoms with Gasteiger partial charge in [0.15, 0.2) is 5.69 Å². The standard InChI is InChI=1S/C32H24N6O2/c39-31(34-18-23-8-5-6-14-33-23)29-19-40-32(38-29)22-15-20(12-13-30-36-26-10-3-4-11-27(26)37-30)24-16-21-7-1-2-9-25(21)35-28(24)17-22/h1-11,14-17,19H,12-13,18H2,(H,34,39)(H,36,37). The van der Waals surface area contributed by atoms with Gasteiger partial charge in [0.05, 0.1) is 34.3 Å². The first-order valence-corrected chi connectivity index (χ1v) is 13.1. The van der Waals surface area contributed by atoms with Gasteiger partial charge in [0.2, 0.25) is 5.89 Å². The van der Waals surface area contributed by atoms with Crippen LogP contribution in [0.4, 0.5) is 0 Å². The van der Waals surface area contributed by atoms with E-state index in [1.54, 1.807) is 6.20 Å². The van der Waals surface area contributed by atoms with Gasteiger partial charge in [-0.1, -0.05) is 36.4 Å². The second-order valence-electron chi connectivity index (χ2n) is 9.63. The number of aromatic amines is 1. The number of aryl methyl sites for hydroxylation is 2. The topological polar surface area (TPSA) is 110 Å². The van der Waals surface area contributed by atoms with Crippen LogP contribution in [0.1, 0.15) is 27.6 Å². The Kier molecular flexibility index (Phi) is 5.97. The Labute approximate surface area is 229 Å². The first-order chi connectivity index (χ1) is 19.7. The van der Waals surface area contributed by atoms with E-state index < -0.39 is 0 Å². The molecule has 0 saturated carbocycles. The number of aromatic nitrogens is 5. The van der Waals surface area contributed by atoms with E-state index in [1.165, 1.54) is 6.26 Å². The van der Waals surface area contributed by atoms with Crippen LogP contribution in [0, 0.1) is 0 Å². The van der Waals surface area contributed by atoms with E-state index in [1.807, 2.05) is 66.7 Å². The number of para-hydroxylation sites is 3. The van der Waals surface area contributed by atoms with E-state index in [4.69, 9.17) is 14.4 Å². The number of nitrogens with zero attached hydrogens (tertiary/aromatic N) is 4. The molecule has 0 fully saturated rings. The van der Waals surface area contributed by atoms with Crippen LogP contribution in [0.5, 0.6) is 0 Å². The number of nitrogens with one attached hydrogen (secondary N) is 2. The second-order valence-corrected chi connectivity index (χ2v) is 9.63. The summed E-state index contributed by atoms with van der Waals surface area (Å²) < 4.78 is 5.78. The largest absolute Gasteiger partial charge is 0.444 e. The van der Waals surface area contributed by atoms with Crippen LogP contribution in [-0.2, 0) is 19.4 Å². The highest BCUT2D eigenvalue weighted by Crippen LogP contribution is 2.30. The van der Waals surface area contributed by atoms with Crippen molar-refractivity contribution in [2.45, 2.75) is 19.4 Å². The molecule has 2 N–H and O–H groups in total. The van der Waals surface area contributed by atoms with Gasteiger partial charge in [0.1, 0.15) is 12.1 Å². The zero-order chi connectivity index (χ0) is 26.9. The van der Waals surface area contributed by atoms with Crippen molar-refractivity contribution in [3.63, 3.8) is 0 Å². The summed E-state index contributed by atoms with van der Waals surface area (Å²) >= 11 is 0. The number of hydrogen-bond donors (Lipinski definition) is 2. The van der Waals surface area contributed by atoms with Gasteiger partial charge in [0.25, 0.3) is 5.91 Å². The van der Waals surface area contributed by atoms with E-state index in [2.05, 4.69) is 38.5 Å². The summed E-state index contributed by atoms with van der Waals surface area (Å²) in [5.74, 6) is 0.969. The highest BCUT2D eigenvalue weighted by molar-refractivity contribution is 5.96. The summed E-state index contributed by atoms with van der Waals surface area (Å²) in [6.07, 6.45) is 4.54. The highest BCUT2D eigenvalue weighted by atomic mass is 16.3. The number of amides is 1. The molecule has 0 unspecified atom stereocenters. The molecule has 0 bridgehead atoms. The number of fused-ring (bicyclic) bond motifs is 3. The number of pyridine rings is 2. The molecule has 0 spiro atoms. The minimum atomic E-state index is -0.323. The summed E-state index contributed by atoms with van der Waals surface area (Å²) in [5, 5.41) is 4.99. The maximum absolute atomic E-state index is 12.7. The molecule has 0 atom stereocenters. The zero-order valence-corrected chi connectivity index (χ0v) is 21.5. The molecule has 7 rings (SSSR count). The maximum atomic E-state index is 12.7. The van der Waals surface area contributed by atoms with Crippen LogP contribution in [0.3, 0.4) is 0 Å². The predicted octanol–water partition coefficient (Wildman–Crippen LogP) is 6.03. The fourth-order valence-electron chi connectivity index (χ4n) is 4.93. The van der Waals surface area contributed by atoms with Gasteiger partial charge < -0.3 is 14.7 Å². The van der Waals surface area contributed by atoms with Crippen LogP contribution in [-0.4, -0.2) is 30.8 Å². The number of imidazole rings is 1. The predicted molar refractivity (Wildman–Crippen MR) is 154 cm³/mol. The smallest absolute Gasteiger partial charge is 0.273 e. The quantitative estimate of drug-likeness (QED) is 0.247. The third-order valence-electron chi connectivity index (χ3n) is 6.93. The average molecular weight is 525 g/mol. The van der Waals surface area contributed by atoms with Crippen LogP contribution < -0.4 is 5.32 Å². The van der Waals surface area contributed by atoms with Crippen LogP contribution >= 0.6 is 0 Å². The third-order valence-corrected chi connectivity index (χ3v) is 6.93. The van der Waals surface area contributed by atoms with Gasteiger partial charge >= 0.3 is 0 Å². The van der Waals surface area contributed by atoms with Crippen LogP contribution in [0.15, 0.2) is 102 Å². The molecule has 7 aromatic rings. The van der Waals surface area contributed by atoms with Crippen molar-refractivity contribution in [2.75, 3.05) is 0 Å². The lowest BCUT2D eigenvalue weighted by Gasteiger charge is -2.10. The number of benzene rings is 3. The lowest BCUT2D eigenvalue weighted by atomic mass is 9.98. The molecule has 8 nitrogen and oxygen atoms in total. The summed E-state index contributed by atoms with van der Waals surface area (Å²) in [5.41, 5.74) is 6.58. The molecule has 1 amide bonds. The number of oxazole rings is 1. The van der Waals surface area contributed by atoms with Gasteiger partial charge in [-0.05, 0) is 60.5 Å². The molecule has 0 aliphatic carbocycles. The summed E-state index contributed by atoms with van der Waals surface area (Å²) in [4.78, 5) is 34.6. The van der Waals surface area contributed by atoms with Crippen molar-refractivity contribution in [3.8, 4) is 11.5 Å². The molecule has 194 valence electrons. The summed E-state index contributed by atoms with van der Waals surface area (Å²) in [6.45, 7) is 0.306. The molecule has 4 aromatic heterocycles. The fraction of sp³-hybridized carbons (Fsp3) is 0.0938. The van der Waals surface area contributed by atoms with E-state index >= 15 is 0 Å². The summed E-state index contributed by atoms with van der Waals surface area (Å²) in [7, 11) is 0. The Bertz CT molecular complexity index is 1960. The molecule has 0 saturated heterocycles. The molecule has 8 heteroatoms. The number of hydrogen-bond acceptors (Lipinski definition) is 6. The monoisotopic (exact) mass is 524 g/mol. The van der Waals surface area contributed by atoms with Crippen LogP contribution in [0.2, 0.25) is 0 Å². The third kappa shape index (κ3) is 4.67. The van der Waals surface area contributed by atoms with Gasteiger partial charge in [0, 0.05) is 29.0 Å². The average Bonchev–Trinajstić information content (AvgIpc) is 3.66. The molecule has 0 aliphatic rings. The summed E-state index contributed by atoms with van der Waals surface area (Å²) in [6, 6.07) is 27.9. The highest BCUT2D eigenvalue weighted by Gasteiger charge is 2.16. The van der Waals surface area contributed by atoms with Crippen molar-refractivity contribution in [1.82, 2.24) is 30.2 Å². The maximum Gasteiger partial charge on any atom is 0.273 e. The molecule has 40 heavy (non-hydrogen) atoms. The van der Waals surface area contributed by atoms with Gasteiger partial charge in [-0.2, -0.15) is 0 Å². The fourth-order valence-corrected chi connectivity index (χ4v) is 4.93. The Morgan fingerprint density at radius 1 is 0.825 bits per heavy atom. The van der Waals surface area contributed by atoms with E-state index in [0.29, 0.717) is 12.4 Å². The molecule has 4 heterocycles. The van der Waals surface area contributed by atoms with Crippen molar-refractivity contribution >= 4 is 38.7 Å². The lowest BCUT2D eigenvalue weighted by Crippen LogP contribution is -2.23. The second kappa shape index (κ2) is 10.1. The molecule has 3 aromatic carbocycles. The number of rotatable bonds is 7. The Balaban J connectivity index is 1.22. The minimum Gasteiger partial charge on any atom is -0.444 e. The number of carbonyl (C=O) groups excluding carboxylic acids is 1.